The molecule has 0 spiro atoms. The minimum Gasteiger partial charge on any atom is -0.329 e. The lowest BCUT2D eigenvalue weighted by Gasteiger charge is -2.30. The van der Waals surface area contributed by atoms with E-state index in [1.54, 1.807) is 79.7 Å². The molecule has 0 fully saturated rings. The average Bonchev–Trinajstić information content (AvgIpc) is 2.95. The molecule has 4 aromatic carbocycles. The zero-order valence-electron chi connectivity index (χ0n) is 22.2. The normalized spacial score (nSPS) is 13.0. The fourth-order valence-electron chi connectivity index (χ4n) is 4.16. The van der Waals surface area contributed by atoms with Gasteiger partial charge in [-0.15, -0.1) is 0 Å². The van der Waals surface area contributed by atoms with Crippen LogP contribution in [0.2, 0.25) is 0 Å². The minimum absolute atomic E-state index is 0.104. The number of carbonyl (C=O) groups excluding carboxylic acids is 2. The summed E-state index contributed by atoms with van der Waals surface area (Å²) in [5, 5.41) is 7.94. The first kappa shape index (κ1) is 30.1. The largest absolute Gasteiger partial charge is 0.416 e. The van der Waals surface area contributed by atoms with Gasteiger partial charge in [0.25, 0.3) is 10.0 Å². The van der Waals surface area contributed by atoms with Crippen LogP contribution in [0.1, 0.15) is 34.3 Å². The van der Waals surface area contributed by atoms with Gasteiger partial charge in [-0.3, -0.25) is 0 Å². The summed E-state index contributed by atoms with van der Waals surface area (Å²) in [6, 6.07) is 23.4. The maximum Gasteiger partial charge on any atom is 0.416 e. The molecule has 0 aliphatic rings. The molecule has 0 aromatic heterocycles. The van der Waals surface area contributed by atoms with E-state index in [9.17, 15) is 31.2 Å². The molecule has 4 aromatic rings. The molecule has 0 heterocycles. The third-order valence-corrected chi connectivity index (χ3v) is 7.60. The van der Waals surface area contributed by atoms with E-state index < -0.39 is 45.9 Å². The van der Waals surface area contributed by atoms with E-state index in [0.29, 0.717) is 11.1 Å². The highest BCUT2D eigenvalue weighted by atomic mass is 32.2. The summed E-state index contributed by atoms with van der Waals surface area (Å²) >= 11 is 0. The van der Waals surface area contributed by atoms with E-state index in [1.807, 2.05) is 4.72 Å². The van der Waals surface area contributed by atoms with Crippen LogP contribution in [0.5, 0.6) is 0 Å². The Kier molecular flexibility index (Phi) is 9.16. The van der Waals surface area contributed by atoms with Crippen molar-refractivity contribution in [3.05, 3.63) is 131 Å². The van der Waals surface area contributed by atoms with Crippen molar-refractivity contribution < 1.29 is 31.2 Å². The number of amides is 4. The zero-order valence-corrected chi connectivity index (χ0v) is 23.0. The number of hydrogen-bond acceptors (Lipinski definition) is 4. The molecule has 0 aliphatic heterocycles. The Labute approximate surface area is 241 Å². The van der Waals surface area contributed by atoms with Gasteiger partial charge >= 0.3 is 18.2 Å². The maximum atomic E-state index is 13.1. The van der Waals surface area contributed by atoms with Crippen LogP contribution in [0, 0.1) is 6.92 Å². The zero-order chi connectivity index (χ0) is 30.3. The molecule has 218 valence electrons. The summed E-state index contributed by atoms with van der Waals surface area (Å²) in [5.74, 6) is 0. The highest BCUT2D eigenvalue weighted by Gasteiger charge is 2.31. The number of halogens is 3. The fourth-order valence-corrected chi connectivity index (χ4v) is 5.07. The molecule has 4 rings (SSSR count). The highest BCUT2D eigenvalue weighted by Crippen LogP contribution is 2.31. The molecule has 4 amide bonds. The third kappa shape index (κ3) is 7.88. The topological polar surface area (TPSA) is 116 Å². The summed E-state index contributed by atoms with van der Waals surface area (Å²) < 4.78 is 66.5. The van der Waals surface area contributed by atoms with Gasteiger partial charge < -0.3 is 16.0 Å². The van der Waals surface area contributed by atoms with Crippen LogP contribution in [0.25, 0.3) is 0 Å². The van der Waals surface area contributed by atoms with Gasteiger partial charge in [-0.1, -0.05) is 78.4 Å². The molecule has 2 atom stereocenters. The van der Waals surface area contributed by atoms with E-state index in [1.165, 1.54) is 12.1 Å². The van der Waals surface area contributed by atoms with Gasteiger partial charge in [-0.05, 0) is 54.4 Å². The minimum atomic E-state index is -4.53. The number of nitrogens with one attached hydrogen (secondary N) is 4. The van der Waals surface area contributed by atoms with Crippen molar-refractivity contribution in [1.29, 1.82) is 0 Å². The van der Waals surface area contributed by atoms with E-state index in [-0.39, 0.29) is 10.6 Å². The van der Waals surface area contributed by atoms with E-state index in [0.717, 1.165) is 29.8 Å². The standard InChI is InChI=1S/C30H27F3N4O4S/c1-20-12-18-25(19-13-20)42(40,41)37-29(39)36-27(22-10-6-3-7-11-22)26(21-8-4-2-5-9-21)35-28(38)34-24-16-14-23(15-17-24)30(31,32)33/h2-19,26-27H,1H3,(H2,34,35,38)(H2,36,37,39)/t26-,27-/m0/s1. The van der Waals surface area contributed by atoms with Crippen molar-refractivity contribution in [1.82, 2.24) is 15.4 Å². The number of sulfonamides is 1. The van der Waals surface area contributed by atoms with E-state index >= 15 is 0 Å². The SMILES string of the molecule is Cc1ccc(S(=O)(=O)NC(=O)N[C@@H](c2ccccc2)[C@@H](NC(=O)Nc2ccc(C(F)(F)F)cc2)c2ccccc2)cc1. The van der Waals surface area contributed by atoms with Crippen molar-refractivity contribution in [2.45, 2.75) is 30.1 Å². The Morgan fingerprint density at radius 2 is 1.14 bits per heavy atom. The average molecular weight is 597 g/mol. The van der Waals surface area contributed by atoms with Gasteiger partial charge in [0.1, 0.15) is 0 Å². The molecular weight excluding hydrogens is 569 g/mol. The Bertz CT molecular complexity index is 1620. The monoisotopic (exact) mass is 596 g/mol. The number of alkyl halides is 3. The second-order valence-corrected chi connectivity index (χ2v) is 11.0. The molecule has 0 saturated carbocycles. The summed E-state index contributed by atoms with van der Waals surface area (Å²) in [5.41, 5.74) is 1.20. The first-order valence-corrected chi connectivity index (χ1v) is 14.2. The Balaban J connectivity index is 1.60. The van der Waals surface area contributed by atoms with Crippen LogP contribution in [-0.4, -0.2) is 20.5 Å². The smallest absolute Gasteiger partial charge is 0.329 e. The van der Waals surface area contributed by atoms with Gasteiger partial charge in [-0.2, -0.15) is 13.2 Å². The van der Waals surface area contributed by atoms with Crippen molar-refractivity contribution in [2.75, 3.05) is 5.32 Å². The number of hydrogen-bond donors (Lipinski definition) is 4. The predicted octanol–water partition coefficient (Wildman–Crippen LogP) is 6.31. The Morgan fingerprint density at radius 1 is 0.667 bits per heavy atom. The number of anilines is 1. The van der Waals surface area contributed by atoms with Crippen LogP contribution < -0.4 is 20.7 Å². The van der Waals surface area contributed by atoms with Crippen LogP contribution in [0.4, 0.5) is 28.4 Å². The lowest BCUT2D eigenvalue weighted by atomic mass is 9.93. The van der Waals surface area contributed by atoms with Crippen molar-refractivity contribution in [3.63, 3.8) is 0 Å². The molecule has 0 bridgehead atoms. The number of benzene rings is 4. The summed E-state index contributed by atoms with van der Waals surface area (Å²) in [6.07, 6.45) is -4.53. The number of urea groups is 2. The highest BCUT2D eigenvalue weighted by molar-refractivity contribution is 7.90. The first-order chi connectivity index (χ1) is 19.9. The molecule has 0 radical (unpaired) electrons. The van der Waals surface area contributed by atoms with Gasteiger partial charge in [0.05, 0.1) is 22.5 Å². The summed E-state index contributed by atoms with van der Waals surface area (Å²) in [7, 11) is -4.21. The number of aryl methyl sites for hydroxylation is 1. The van der Waals surface area contributed by atoms with Gasteiger partial charge in [-0.25, -0.2) is 22.7 Å². The van der Waals surface area contributed by atoms with Gasteiger partial charge in [0.2, 0.25) is 0 Å². The van der Waals surface area contributed by atoms with Crippen molar-refractivity contribution in [3.8, 4) is 0 Å². The summed E-state index contributed by atoms with van der Waals surface area (Å²) in [4.78, 5) is 26.1. The molecule has 0 saturated heterocycles. The van der Waals surface area contributed by atoms with Gasteiger partial charge in [0.15, 0.2) is 0 Å². The molecular formula is C30H27F3N4O4S. The lowest BCUT2D eigenvalue weighted by molar-refractivity contribution is -0.137. The molecule has 4 N–H and O–H groups in total. The predicted molar refractivity (Wildman–Crippen MR) is 152 cm³/mol. The van der Waals surface area contributed by atoms with Crippen molar-refractivity contribution >= 4 is 27.8 Å². The maximum absolute atomic E-state index is 13.1. The Hall–Kier alpha value is -4.84. The Morgan fingerprint density at radius 3 is 1.62 bits per heavy atom. The number of carbonyl (C=O) groups is 2. The molecule has 42 heavy (non-hydrogen) atoms. The van der Waals surface area contributed by atoms with E-state index in [4.69, 9.17) is 0 Å². The van der Waals surface area contributed by atoms with Crippen LogP contribution in [0.3, 0.4) is 0 Å². The molecule has 8 nitrogen and oxygen atoms in total. The van der Waals surface area contributed by atoms with Crippen LogP contribution in [0.15, 0.2) is 114 Å². The number of rotatable bonds is 8. The molecule has 0 aliphatic carbocycles. The quantitative estimate of drug-likeness (QED) is 0.191. The van der Waals surface area contributed by atoms with Crippen molar-refractivity contribution in [2.24, 2.45) is 0 Å². The first-order valence-electron chi connectivity index (χ1n) is 12.7. The fraction of sp³-hybridized carbons (Fsp3) is 0.133. The van der Waals surface area contributed by atoms with Crippen LogP contribution >= 0.6 is 0 Å². The van der Waals surface area contributed by atoms with Gasteiger partial charge in [0, 0.05) is 5.69 Å². The van der Waals surface area contributed by atoms with E-state index in [2.05, 4.69) is 16.0 Å². The lowest BCUT2D eigenvalue weighted by Crippen LogP contribution is -2.46. The molecule has 12 heteroatoms. The van der Waals surface area contributed by atoms with Crippen LogP contribution in [-0.2, 0) is 16.2 Å². The summed E-state index contributed by atoms with van der Waals surface area (Å²) in [6.45, 7) is 1.80. The third-order valence-electron chi connectivity index (χ3n) is 6.25. The second kappa shape index (κ2) is 12.8. The second-order valence-electron chi connectivity index (χ2n) is 9.34. The molecule has 0 unspecified atom stereocenters.